The third-order valence-electron chi connectivity index (χ3n) is 5.04. The highest BCUT2D eigenvalue weighted by Crippen LogP contribution is 2.59. The molecule has 1 N–H and O–H groups in total. The average Bonchev–Trinajstić information content (AvgIpc) is 3.04. The van der Waals surface area contributed by atoms with Crippen LogP contribution >= 0.6 is 0 Å². The third kappa shape index (κ3) is 2.24. The van der Waals surface area contributed by atoms with Crippen LogP contribution < -0.4 is 5.32 Å². The van der Waals surface area contributed by atoms with Crippen LogP contribution in [0.5, 0.6) is 0 Å². The van der Waals surface area contributed by atoms with Gasteiger partial charge in [0.2, 0.25) is 5.91 Å². The minimum Gasteiger partial charge on any atom is -0.361 e. The number of carbonyl (C=O) groups is 1. The molecule has 20 heavy (non-hydrogen) atoms. The lowest BCUT2D eigenvalue weighted by Crippen LogP contribution is -2.34. The van der Waals surface area contributed by atoms with Crippen LogP contribution in [-0.4, -0.2) is 36.1 Å². The van der Waals surface area contributed by atoms with Crippen LogP contribution in [0.15, 0.2) is 4.52 Å². The molecule has 0 bridgehead atoms. The summed E-state index contributed by atoms with van der Waals surface area (Å²) in [4.78, 5) is 14.4. The van der Waals surface area contributed by atoms with Gasteiger partial charge in [-0.25, -0.2) is 0 Å². The summed E-state index contributed by atoms with van der Waals surface area (Å²) in [6, 6.07) is 0. The molecule has 1 spiro atoms. The Balaban J connectivity index is 1.63. The summed E-state index contributed by atoms with van der Waals surface area (Å²) in [6.07, 6.45) is 3.35. The van der Waals surface area contributed by atoms with Crippen molar-refractivity contribution in [1.82, 2.24) is 15.4 Å². The van der Waals surface area contributed by atoms with Crippen molar-refractivity contribution < 1.29 is 9.32 Å². The lowest BCUT2D eigenvalue weighted by atomic mass is 9.91. The van der Waals surface area contributed by atoms with Crippen LogP contribution in [-0.2, 0) is 11.3 Å². The number of piperidine rings is 1. The maximum Gasteiger partial charge on any atom is 0.226 e. The van der Waals surface area contributed by atoms with Crippen molar-refractivity contribution in [2.45, 2.75) is 39.7 Å². The topological polar surface area (TPSA) is 58.4 Å². The molecule has 1 aromatic heterocycles. The summed E-state index contributed by atoms with van der Waals surface area (Å²) in [7, 11) is 1.89. The first kappa shape index (κ1) is 13.6. The highest BCUT2D eigenvalue weighted by molar-refractivity contribution is 5.82. The molecule has 1 aliphatic heterocycles. The molecule has 2 fully saturated rings. The van der Waals surface area contributed by atoms with E-state index < -0.39 is 0 Å². The van der Waals surface area contributed by atoms with Gasteiger partial charge in [0.25, 0.3) is 0 Å². The molecule has 0 radical (unpaired) electrons. The number of nitrogens with zero attached hydrogens (tertiary/aromatic N) is 2. The van der Waals surface area contributed by atoms with E-state index >= 15 is 0 Å². The van der Waals surface area contributed by atoms with Crippen LogP contribution in [0.1, 0.15) is 36.3 Å². The predicted molar refractivity (Wildman–Crippen MR) is 75.1 cm³/mol. The Hall–Kier alpha value is -1.36. The predicted octanol–water partition coefficient (Wildman–Crippen LogP) is 1.64. The SMILES string of the molecule is Cc1noc(C)c1CN(C)C(=O)C1CC12CCNCC2. The summed E-state index contributed by atoms with van der Waals surface area (Å²) in [5.41, 5.74) is 2.23. The normalized spacial score (nSPS) is 23.9. The van der Waals surface area contributed by atoms with E-state index in [1.54, 1.807) is 0 Å². The minimum atomic E-state index is 0.232. The first-order chi connectivity index (χ1) is 9.53. The molecule has 1 unspecified atom stereocenters. The second-order valence-corrected chi connectivity index (χ2v) is 6.37. The summed E-state index contributed by atoms with van der Waals surface area (Å²) in [5.74, 6) is 1.33. The number of aryl methyl sites for hydroxylation is 2. The molecule has 3 rings (SSSR count). The summed E-state index contributed by atoms with van der Waals surface area (Å²) in [5, 5.41) is 7.33. The molecule has 1 amide bonds. The fraction of sp³-hybridized carbons (Fsp3) is 0.733. The average molecular weight is 277 g/mol. The number of hydrogen-bond donors (Lipinski definition) is 1. The van der Waals surface area contributed by atoms with Crippen LogP contribution in [0.2, 0.25) is 0 Å². The molecule has 5 nitrogen and oxygen atoms in total. The van der Waals surface area contributed by atoms with Crippen molar-refractivity contribution in [2.24, 2.45) is 11.3 Å². The fourth-order valence-electron chi connectivity index (χ4n) is 3.48. The van der Waals surface area contributed by atoms with Gasteiger partial charge in [-0.15, -0.1) is 0 Å². The molecule has 5 heteroatoms. The molecule has 1 saturated heterocycles. The van der Waals surface area contributed by atoms with E-state index in [1.807, 2.05) is 25.8 Å². The van der Waals surface area contributed by atoms with E-state index in [0.29, 0.717) is 12.0 Å². The Morgan fingerprint density at radius 2 is 2.15 bits per heavy atom. The van der Waals surface area contributed by atoms with E-state index in [-0.39, 0.29) is 11.8 Å². The first-order valence-corrected chi connectivity index (χ1v) is 7.41. The van der Waals surface area contributed by atoms with Crippen molar-refractivity contribution in [1.29, 1.82) is 0 Å². The molecule has 2 aliphatic rings. The quantitative estimate of drug-likeness (QED) is 0.912. The Kier molecular flexibility index (Phi) is 3.32. The molecular formula is C15H23N3O2. The van der Waals surface area contributed by atoms with E-state index in [2.05, 4.69) is 10.5 Å². The van der Waals surface area contributed by atoms with Gasteiger partial charge in [-0.05, 0) is 51.6 Å². The Labute approximate surface area is 119 Å². The van der Waals surface area contributed by atoms with Crippen LogP contribution in [0.3, 0.4) is 0 Å². The largest absolute Gasteiger partial charge is 0.361 e. The number of aromatic nitrogens is 1. The van der Waals surface area contributed by atoms with E-state index in [0.717, 1.165) is 49.4 Å². The van der Waals surface area contributed by atoms with Gasteiger partial charge >= 0.3 is 0 Å². The molecular weight excluding hydrogens is 254 g/mol. The lowest BCUT2D eigenvalue weighted by molar-refractivity contribution is -0.132. The van der Waals surface area contributed by atoms with Crippen molar-refractivity contribution in [3.63, 3.8) is 0 Å². The van der Waals surface area contributed by atoms with E-state index in [4.69, 9.17) is 4.52 Å². The fourth-order valence-corrected chi connectivity index (χ4v) is 3.48. The number of carbonyl (C=O) groups excluding carboxylic acids is 1. The van der Waals surface area contributed by atoms with E-state index in [1.165, 1.54) is 0 Å². The molecule has 1 atom stereocenters. The molecule has 2 heterocycles. The van der Waals surface area contributed by atoms with E-state index in [9.17, 15) is 4.79 Å². The van der Waals surface area contributed by atoms with Crippen LogP contribution in [0.4, 0.5) is 0 Å². The van der Waals surface area contributed by atoms with Gasteiger partial charge in [0.05, 0.1) is 12.2 Å². The van der Waals surface area contributed by atoms with Gasteiger partial charge in [0.15, 0.2) is 0 Å². The number of amides is 1. The second-order valence-electron chi connectivity index (χ2n) is 6.37. The number of nitrogens with one attached hydrogen (secondary N) is 1. The number of rotatable bonds is 3. The zero-order chi connectivity index (χ0) is 14.3. The zero-order valence-electron chi connectivity index (χ0n) is 12.5. The van der Waals surface area contributed by atoms with Crippen molar-refractivity contribution >= 4 is 5.91 Å². The van der Waals surface area contributed by atoms with Gasteiger partial charge in [-0.1, -0.05) is 5.16 Å². The molecule has 1 aromatic rings. The summed E-state index contributed by atoms with van der Waals surface area (Å²) < 4.78 is 5.17. The van der Waals surface area contributed by atoms with Crippen LogP contribution in [0, 0.1) is 25.2 Å². The van der Waals surface area contributed by atoms with Gasteiger partial charge in [0, 0.05) is 18.5 Å². The van der Waals surface area contributed by atoms with Gasteiger partial charge < -0.3 is 14.7 Å². The lowest BCUT2D eigenvalue weighted by Gasteiger charge is -2.25. The zero-order valence-corrected chi connectivity index (χ0v) is 12.5. The number of hydrogen-bond acceptors (Lipinski definition) is 4. The first-order valence-electron chi connectivity index (χ1n) is 7.41. The maximum absolute atomic E-state index is 12.6. The van der Waals surface area contributed by atoms with Gasteiger partial charge in [-0.2, -0.15) is 0 Å². The Morgan fingerprint density at radius 3 is 2.75 bits per heavy atom. The monoisotopic (exact) mass is 277 g/mol. The highest BCUT2D eigenvalue weighted by atomic mass is 16.5. The van der Waals surface area contributed by atoms with Crippen molar-refractivity contribution in [3.8, 4) is 0 Å². The Morgan fingerprint density at radius 1 is 1.45 bits per heavy atom. The van der Waals surface area contributed by atoms with Crippen LogP contribution in [0.25, 0.3) is 0 Å². The molecule has 1 aliphatic carbocycles. The maximum atomic E-state index is 12.6. The molecule has 0 aromatic carbocycles. The standard InChI is InChI=1S/C15H23N3O2/c1-10-12(11(2)20-17-10)9-18(3)14(19)13-8-15(13)4-6-16-7-5-15/h13,16H,4-9H2,1-3H3. The second kappa shape index (κ2) is 4.88. The smallest absolute Gasteiger partial charge is 0.226 e. The highest BCUT2D eigenvalue weighted by Gasteiger charge is 2.58. The summed E-state index contributed by atoms with van der Waals surface area (Å²) >= 11 is 0. The molecule has 110 valence electrons. The Bertz CT molecular complexity index is 498. The summed E-state index contributed by atoms with van der Waals surface area (Å²) in [6.45, 7) is 6.54. The minimum absolute atomic E-state index is 0.232. The van der Waals surface area contributed by atoms with Crippen molar-refractivity contribution in [2.75, 3.05) is 20.1 Å². The van der Waals surface area contributed by atoms with Crippen molar-refractivity contribution in [3.05, 3.63) is 17.0 Å². The van der Waals surface area contributed by atoms with Gasteiger partial charge in [-0.3, -0.25) is 4.79 Å². The van der Waals surface area contributed by atoms with Gasteiger partial charge in [0.1, 0.15) is 5.76 Å². The third-order valence-corrected chi connectivity index (χ3v) is 5.04. The molecule has 1 saturated carbocycles.